The predicted octanol–water partition coefficient (Wildman–Crippen LogP) is 2.38. The van der Waals surface area contributed by atoms with E-state index in [0.717, 1.165) is 87.3 Å². The number of fused-ring (bicyclic) bond motifs is 1. The van der Waals surface area contributed by atoms with Gasteiger partial charge >= 0.3 is 0 Å². The second-order valence-electron chi connectivity index (χ2n) is 13.3. The van der Waals surface area contributed by atoms with E-state index in [1.165, 1.54) is 25.7 Å². The monoisotopic (exact) mass is 566 g/mol. The molecule has 0 unspecified atom stereocenters. The first-order chi connectivity index (χ1) is 19.6. The summed E-state index contributed by atoms with van der Waals surface area (Å²) in [4.78, 5) is 22.0. The van der Waals surface area contributed by atoms with Crippen molar-refractivity contribution in [2.24, 2.45) is 17.3 Å². The zero-order chi connectivity index (χ0) is 29.0. The fourth-order valence-electron chi connectivity index (χ4n) is 5.77. The van der Waals surface area contributed by atoms with Gasteiger partial charge < -0.3 is 42.5 Å². The number of nitrogens with one attached hydrogen (secondary N) is 4. The van der Waals surface area contributed by atoms with E-state index < -0.39 is 0 Å². The van der Waals surface area contributed by atoms with Crippen molar-refractivity contribution in [3.8, 4) is 0 Å². The molecule has 4 fully saturated rings. The third-order valence-corrected chi connectivity index (χ3v) is 8.37. The molecule has 5 heterocycles. The number of hydrogen-bond donors (Lipinski definition) is 6. The minimum atomic E-state index is 0.201. The molecule has 0 bridgehead atoms. The van der Waals surface area contributed by atoms with Gasteiger partial charge in [0.05, 0.1) is 0 Å². The van der Waals surface area contributed by atoms with Gasteiger partial charge in [0.2, 0.25) is 11.9 Å². The summed E-state index contributed by atoms with van der Waals surface area (Å²) in [7, 11) is 2.01. The Morgan fingerprint density at radius 2 is 1.56 bits per heavy atom. The first-order valence-corrected chi connectivity index (χ1v) is 15.3. The molecule has 0 spiro atoms. The number of nitrogens with zero attached hydrogens (tertiary/aromatic N) is 6. The lowest BCUT2D eigenvalue weighted by atomic mass is 9.94. The highest BCUT2D eigenvalue weighted by Gasteiger charge is 2.35. The Morgan fingerprint density at radius 1 is 0.878 bits per heavy atom. The molecule has 0 amide bonds. The number of rotatable bonds is 8. The summed E-state index contributed by atoms with van der Waals surface area (Å²) in [5.41, 5.74) is 11.9. The highest BCUT2D eigenvalue weighted by molar-refractivity contribution is 5.54. The summed E-state index contributed by atoms with van der Waals surface area (Å²) >= 11 is 0. The van der Waals surface area contributed by atoms with Crippen molar-refractivity contribution in [2.75, 3.05) is 84.8 Å². The van der Waals surface area contributed by atoms with Crippen molar-refractivity contribution in [3.63, 3.8) is 0 Å². The van der Waals surface area contributed by atoms with E-state index in [-0.39, 0.29) is 5.41 Å². The van der Waals surface area contributed by atoms with Gasteiger partial charge in [-0.05, 0) is 62.9 Å². The Kier molecular flexibility index (Phi) is 9.18. The van der Waals surface area contributed by atoms with Crippen LogP contribution < -0.4 is 42.5 Å². The normalized spacial score (nSPS) is 24.0. The molecule has 3 aliphatic heterocycles. The van der Waals surface area contributed by atoms with E-state index in [4.69, 9.17) is 11.5 Å². The van der Waals surface area contributed by atoms with Crippen LogP contribution in [0.15, 0.2) is 12.1 Å². The molecular formula is C29H50N12. The molecule has 2 aromatic rings. The number of aromatic nitrogens is 4. The van der Waals surface area contributed by atoms with Crippen molar-refractivity contribution < 1.29 is 0 Å². The average Bonchev–Trinajstić information content (AvgIpc) is 3.46. The summed E-state index contributed by atoms with van der Waals surface area (Å²) in [6.45, 7) is 13.7. The lowest BCUT2D eigenvalue weighted by Crippen LogP contribution is -2.40. The summed E-state index contributed by atoms with van der Waals surface area (Å²) in [6, 6.07) is 5.17. The van der Waals surface area contributed by atoms with Gasteiger partial charge in [0.15, 0.2) is 0 Å². The number of likely N-dealkylation sites (N-methyl/N-ethyl adjacent to an activating group) is 1. The summed E-state index contributed by atoms with van der Waals surface area (Å²) in [5.74, 6) is 5.79. The smallest absolute Gasteiger partial charge is 0.223 e. The molecule has 4 aliphatic rings. The number of nitrogen functional groups attached to an aromatic ring is 2. The number of piperidine rings is 1. The van der Waals surface area contributed by atoms with Gasteiger partial charge in [0.25, 0.3) is 0 Å². The van der Waals surface area contributed by atoms with Crippen LogP contribution in [-0.2, 0) is 0 Å². The van der Waals surface area contributed by atoms with Gasteiger partial charge in [-0.25, -0.2) is 0 Å². The lowest BCUT2D eigenvalue weighted by Gasteiger charge is -2.24. The van der Waals surface area contributed by atoms with Gasteiger partial charge in [-0.1, -0.05) is 20.8 Å². The molecule has 1 saturated carbocycles. The summed E-state index contributed by atoms with van der Waals surface area (Å²) in [5, 5.41) is 13.7. The van der Waals surface area contributed by atoms with Crippen molar-refractivity contribution in [1.29, 1.82) is 0 Å². The van der Waals surface area contributed by atoms with Gasteiger partial charge in [-0.15, -0.1) is 0 Å². The van der Waals surface area contributed by atoms with Gasteiger partial charge in [-0.2, -0.15) is 19.9 Å². The van der Waals surface area contributed by atoms with Crippen LogP contribution in [0, 0.1) is 17.3 Å². The average molecular weight is 567 g/mol. The molecule has 41 heavy (non-hydrogen) atoms. The molecule has 12 nitrogen and oxygen atoms in total. The van der Waals surface area contributed by atoms with E-state index >= 15 is 0 Å². The molecule has 0 radical (unpaired) electrons. The Bertz CT molecular complexity index is 1130. The maximum atomic E-state index is 5.91. The zero-order valence-corrected chi connectivity index (χ0v) is 25.3. The molecule has 8 N–H and O–H groups in total. The Labute approximate surface area is 244 Å². The van der Waals surface area contributed by atoms with Crippen molar-refractivity contribution >= 4 is 35.2 Å². The van der Waals surface area contributed by atoms with E-state index in [0.29, 0.717) is 24.0 Å². The summed E-state index contributed by atoms with van der Waals surface area (Å²) in [6.07, 6.45) is 6.39. The number of nitrogens with two attached hydrogens (primary N) is 2. The molecule has 3 saturated heterocycles. The van der Waals surface area contributed by atoms with E-state index in [9.17, 15) is 0 Å². The van der Waals surface area contributed by atoms with Crippen LogP contribution in [-0.4, -0.2) is 84.9 Å². The largest absolute Gasteiger partial charge is 0.370 e. The molecule has 3 atom stereocenters. The molecule has 226 valence electrons. The van der Waals surface area contributed by atoms with E-state index in [1.807, 2.05) is 19.2 Å². The third-order valence-electron chi connectivity index (χ3n) is 8.37. The fourth-order valence-corrected chi connectivity index (χ4v) is 5.77. The SMILES string of the molecule is CC(C)(C)CNc1cc(N2C[C@@H]3CCCN[C@@H]3C2)nc(N)n1.CN[C@@H]1CCN(c2cc(NCC3CC3)nc(N)n2)C1. The minimum Gasteiger partial charge on any atom is -0.370 e. The van der Waals surface area contributed by atoms with Crippen LogP contribution in [0.1, 0.15) is 52.9 Å². The van der Waals surface area contributed by atoms with Crippen LogP contribution in [0.2, 0.25) is 0 Å². The molecule has 12 heteroatoms. The van der Waals surface area contributed by atoms with Gasteiger partial charge in [-0.3, -0.25) is 0 Å². The molecule has 2 aromatic heterocycles. The summed E-state index contributed by atoms with van der Waals surface area (Å²) < 4.78 is 0. The third kappa shape index (κ3) is 8.45. The molecular weight excluding hydrogens is 516 g/mol. The van der Waals surface area contributed by atoms with Gasteiger partial charge in [0.1, 0.15) is 23.3 Å². The Hall–Kier alpha value is -3.12. The molecule has 1 aliphatic carbocycles. The van der Waals surface area contributed by atoms with E-state index in [2.05, 4.69) is 71.8 Å². The first-order valence-electron chi connectivity index (χ1n) is 15.3. The number of hydrogen-bond acceptors (Lipinski definition) is 12. The van der Waals surface area contributed by atoms with Gasteiger partial charge in [0, 0.05) is 63.5 Å². The van der Waals surface area contributed by atoms with Crippen molar-refractivity contribution in [1.82, 2.24) is 30.6 Å². The van der Waals surface area contributed by atoms with Crippen LogP contribution in [0.4, 0.5) is 35.2 Å². The predicted molar refractivity (Wildman–Crippen MR) is 168 cm³/mol. The van der Waals surface area contributed by atoms with E-state index in [1.54, 1.807) is 0 Å². The number of anilines is 6. The lowest BCUT2D eigenvalue weighted by molar-refractivity contribution is 0.340. The topological polar surface area (TPSA) is 158 Å². The highest BCUT2D eigenvalue weighted by atomic mass is 15.3. The maximum Gasteiger partial charge on any atom is 0.223 e. The van der Waals surface area contributed by atoms with Crippen LogP contribution >= 0.6 is 0 Å². The van der Waals surface area contributed by atoms with Crippen molar-refractivity contribution in [2.45, 2.75) is 65.0 Å². The molecule has 0 aromatic carbocycles. The Morgan fingerprint density at radius 3 is 2.17 bits per heavy atom. The minimum absolute atomic E-state index is 0.201. The quantitative estimate of drug-likeness (QED) is 0.277. The fraction of sp³-hybridized carbons (Fsp3) is 0.724. The first kappa shape index (κ1) is 29.4. The van der Waals surface area contributed by atoms with Crippen LogP contribution in [0.5, 0.6) is 0 Å². The molecule has 6 rings (SSSR count). The standard InChI is InChI=1S/C16H28N6.C13H22N6/c1-16(2,3)10-19-13-7-14(21-15(17)20-13)22-8-11-5-4-6-18-12(11)9-22;1-15-10-4-5-19(8-10)12-6-11(17-13(14)18-12)16-7-9-2-3-9/h7,11-12,18H,4-6,8-10H2,1-3H3,(H3,17,19,20,21);6,9-10,15H,2-5,7-8H2,1H3,(H3,14,16,17,18)/t11-,12+;10-/m01/s1. The highest BCUT2D eigenvalue weighted by Crippen LogP contribution is 2.30. The Balaban J connectivity index is 0.000000166. The van der Waals surface area contributed by atoms with Crippen LogP contribution in [0.3, 0.4) is 0 Å². The zero-order valence-electron chi connectivity index (χ0n) is 25.3. The second kappa shape index (κ2) is 12.8. The second-order valence-corrected chi connectivity index (χ2v) is 13.3. The van der Waals surface area contributed by atoms with Crippen molar-refractivity contribution in [3.05, 3.63) is 12.1 Å². The maximum absolute atomic E-state index is 5.91. The van der Waals surface area contributed by atoms with Crippen LogP contribution in [0.25, 0.3) is 0 Å².